The van der Waals surface area contributed by atoms with E-state index in [2.05, 4.69) is 0 Å². The predicted molar refractivity (Wildman–Crippen MR) is 114 cm³/mol. The lowest BCUT2D eigenvalue weighted by Gasteiger charge is -2.27. The Bertz CT molecular complexity index is 1140. The quantitative estimate of drug-likeness (QED) is 0.601. The van der Waals surface area contributed by atoms with Crippen molar-refractivity contribution in [2.75, 3.05) is 32.8 Å². The van der Waals surface area contributed by atoms with Crippen molar-refractivity contribution in [3.63, 3.8) is 0 Å². The zero-order valence-corrected chi connectivity index (χ0v) is 18.1. The first-order valence-electron chi connectivity index (χ1n) is 9.55. The number of carboxylic acids is 1. The van der Waals surface area contributed by atoms with Gasteiger partial charge in [0.05, 0.1) is 29.1 Å². The maximum absolute atomic E-state index is 12.7. The van der Waals surface area contributed by atoms with Gasteiger partial charge in [0.25, 0.3) is 11.1 Å². The molecule has 1 aromatic heterocycles. The molecule has 4 rings (SSSR count). The summed E-state index contributed by atoms with van der Waals surface area (Å²) in [6.07, 6.45) is 1.42. The van der Waals surface area contributed by atoms with Crippen molar-refractivity contribution in [1.29, 1.82) is 0 Å². The second kappa shape index (κ2) is 9.19. The van der Waals surface area contributed by atoms with Gasteiger partial charge in [-0.1, -0.05) is 23.7 Å². The second-order valence-corrected chi connectivity index (χ2v) is 8.35. The van der Waals surface area contributed by atoms with Crippen LogP contribution in [0, 0.1) is 0 Å². The van der Waals surface area contributed by atoms with Crippen molar-refractivity contribution in [1.82, 2.24) is 9.80 Å². The fourth-order valence-corrected chi connectivity index (χ4v) is 4.31. The van der Waals surface area contributed by atoms with Crippen LogP contribution in [0.1, 0.15) is 16.1 Å². The zero-order chi connectivity index (χ0) is 22.8. The van der Waals surface area contributed by atoms with Crippen molar-refractivity contribution in [3.05, 3.63) is 51.6 Å². The number of carbonyl (C=O) groups is 4. The van der Waals surface area contributed by atoms with Crippen LogP contribution in [-0.4, -0.2) is 65.7 Å². The molecule has 3 heterocycles. The summed E-state index contributed by atoms with van der Waals surface area (Å²) in [5.74, 6) is -1.56. The number of furan rings is 1. The Morgan fingerprint density at radius 1 is 1.16 bits per heavy atom. The van der Waals surface area contributed by atoms with Crippen LogP contribution in [0.5, 0.6) is 0 Å². The molecule has 0 saturated carbocycles. The minimum absolute atomic E-state index is 0.00602. The smallest absolute Gasteiger partial charge is 0.294 e. The number of halogens is 1. The largest absolute Gasteiger partial charge is 0.545 e. The first-order valence-corrected chi connectivity index (χ1v) is 10.7. The third-order valence-electron chi connectivity index (χ3n) is 4.90. The summed E-state index contributed by atoms with van der Waals surface area (Å²) in [7, 11) is 0. The highest BCUT2D eigenvalue weighted by Gasteiger charge is 2.37. The molecule has 0 atom stereocenters. The summed E-state index contributed by atoms with van der Waals surface area (Å²) in [6, 6.07) is 7.49. The minimum Gasteiger partial charge on any atom is -0.545 e. The number of amides is 3. The van der Waals surface area contributed by atoms with Crippen LogP contribution in [0.3, 0.4) is 0 Å². The molecule has 2 aliphatic rings. The summed E-state index contributed by atoms with van der Waals surface area (Å²) in [6.45, 7) is 1.38. The molecule has 3 amide bonds. The topological polar surface area (TPSA) is 120 Å². The lowest BCUT2D eigenvalue weighted by molar-refractivity contribution is -0.255. The van der Waals surface area contributed by atoms with E-state index in [0.29, 0.717) is 43.4 Å². The average molecular weight is 476 g/mol. The molecule has 0 bridgehead atoms. The number of nitrogens with zero attached hydrogens (tertiary/aromatic N) is 2. The molecule has 32 heavy (non-hydrogen) atoms. The summed E-state index contributed by atoms with van der Waals surface area (Å²) >= 11 is 6.69. The van der Waals surface area contributed by atoms with Gasteiger partial charge in [-0.25, -0.2) is 0 Å². The molecule has 166 valence electrons. The van der Waals surface area contributed by atoms with Crippen LogP contribution in [0.15, 0.2) is 39.7 Å². The number of benzene rings is 1. The predicted octanol–water partition coefficient (Wildman–Crippen LogP) is 1.86. The lowest BCUT2D eigenvalue weighted by atomic mass is 10.1. The molecule has 2 aliphatic heterocycles. The summed E-state index contributed by atoms with van der Waals surface area (Å²) < 4.78 is 10.9. The van der Waals surface area contributed by atoms with Crippen LogP contribution in [0.2, 0.25) is 5.02 Å². The summed E-state index contributed by atoms with van der Waals surface area (Å²) in [4.78, 5) is 50.9. The van der Waals surface area contributed by atoms with Crippen LogP contribution in [0.4, 0.5) is 4.79 Å². The maximum atomic E-state index is 12.7. The van der Waals surface area contributed by atoms with Crippen molar-refractivity contribution in [2.45, 2.75) is 0 Å². The van der Waals surface area contributed by atoms with Gasteiger partial charge in [-0.3, -0.25) is 19.3 Å². The van der Waals surface area contributed by atoms with Gasteiger partial charge < -0.3 is 24.0 Å². The standard InChI is InChI=1S/C21H17ClN2O7S/c22-15-9-12(1-3-14(15)20(27)28)16-4-2-13(31-16)10-17-19(26)24(21(29)32-17)11-18(25)23-5-7-30-8-6-23/h1-4,9-10H,5-8,11H2,(H,27,28)/p-1/b17-10+. The van der Waals surface area contributed by atoms with Gasteiger partial charge in [0.2, 0.25) is 5.91 Å². The lowest BCUT2D eigenvalue weighted by Crippen LogP contribution is -2.46. The number of thioether (sulfide) groups is 1. The van der Waals surface area contributed by atoms with E-state index in [-0.39, 0.29) is 27.9 Å². The molecular formula is C21H16ClN2O7S-. The third-order valence-corrected chi connectivity index (χ3v) is 6.12. The number of aromatic carboxylic acids is 1. The molecular weight excluding hydrogens is 460 g/mol. The van der Waals surface area contributed by atoms with E-state index in [4.69, 9.17) is 20.8 Å². The number of ether oxygens (including phenoxy) is 1. The zero-order valence-electron chi connectivity index (χ0n) is 16.5. The molecule has 9 nitrogen and oxygen atoms in total. The van der Waals surface area contributed by atoms with E-state index >= 15 is 0 Å². The first kappa shape index (κ1) is 22.1. The Morgan fingerprint density at radius 3 is 2.59 bits per heavy atom. The number of morpholine rings is 1. The van der Waals surface area contributed by atoms with Gasteiger partial charge in [-0.05, 0) is 30.0 Å². The molecule has 2 saturated heterocycles. The monoisotopic (exact) mass is 475 g/mol. The first-order chi connectivity index (χ1) is 15.3. The molecule has 0 aliphatic carbocycles. The van der Waals surface area contributed by atoms with Crippen LogP contribution < -0.4 is 5.11 Å². The summed E-state index contributed by atoms with van der Waals surface area (Å²) in [5, 5.41) is 10.5. The van der Waals surface area contributed by atoms with Gasteiger partial charge in [0, 0.05) is 30.3 Å². The number of hydrogen-bond acceptors (Lipinski definition) is 8. The Labute approximate surface area is 191 Å². The Balaban J connectivity index is 1.48. The van der Waals surface area contributed by atoms with E-state index < -0.39 is 17.1 Å². The molecule has 1 aromatic carbocycles. The van der Waals surface area contributed by atoms with Crippen molar-refractivity contribution >= 4 is 52.5 Å². The summed E-state index contributed by atoms with van der Waals surface area (Å²) in [5.41, 5.74) is 0.395. The number of rotatable bonds is 5. The number of carboxylic acid groups (broad SMARTS) is 1. The number of carbonyl (C=O) groups excluding carboxylic acids is 4. The Morgan fingerprint density at radius 2 is 1.91 bits per heavy atom. The van der Waals surface area contributed by atoms with Gasteiger partial charge in [0.1, 0.15) is 18.1 Å². The molecule has 11 heteroatoms. The average Bonchev–Trinajstić information content (AvgIpc) is 3.34. The molecule has 0 N–H and O–H groups in total. The van der Waals surface area contributed by atoms with Crippen molar-refractivity contribution in [3.8, 4) is 11.3 Å². The van der Waals surface area contributed by atoms with E-state index in [1.807, 2.05) is 0 Å². The number of imide groups is 1. The van der Waals surface area contributed by atoms with E-state index in [9.17, 15) is 24.3 Å². The van der Waals surface area contributed by atoms with E-state index in [1.54, 1.807) is 17.0 Å². The fraction of sp³-hybridized carbons (Fsp3) is 0.238. The van der Waals surface area contributed by atoms with Gasteiger partial charge in [-0.15, -0.1) is 0 Å². The van der Waals surface area contributed by atoms with Crippen molar-refractivity contribution in [2.24, 2.45) is 0 Å². The van der Waals surface area contributed by atoms with Gasteiger partial charge >= 0.3 is 0 Å². The highest BCUT2D eigenvalue weighted by atomic mass is 35.5. The van der Waals surface area contributed by atoms with Crippen molar-refractivity contribution < 1.29 is 33.4 Å². The normalized spacial score (nSPS) is 18.0. The second-order valence-electron chi connectivity index (χ2n) is 6.95. The molecule has 0 spiro atoms. The third kappa shape index (κ3) is 4.57. The fourth-order valence-electron chi connectivity index (χ4n) is 3.23. The maximum Gasteiger partial charge on any atom is 0.294 e. The van der Waals surface area contributed by atoms with Crippen LogP contribution in [-0.2, 0) is 14.3 Å². The SMILES string of the molecule is O=C([O-])c1ccc(-c2ccc(/C=C3/SC(=O)N(CC(=O)N4CCOCC4)C3=O)o2)cc1Cl. The van der Waals surface area contributed by atoms with E-state index in [1.165, 1.54) is 24.3 Å². The molecule has 0 radical (unpaired) electrons. The molecule has 2 fully saturated rings. The van der Waals surface area contributed by atoms with E-state index in [0.717, 1.165) is 16.7 Å². The van der Waals surface area contributed by atoms with Gasteiger partial charge in [-0.2, -0.15) is 0 Å². The van der Waals surface area contributed by atoms with Crippen LogP contribution >= 0.6 is 23.4 Å². The highest BCUT2D eigenvalue weighted by molar-refractivity contribution is 8.18. The molecule has 2 aromatic rings. The van der Waals surface area contributed by atoms with Crippen LogP contribution in [0.25, 0.3) is 17.4 Å². The number of hydrogen-bond donors (Lipinski definition) is 0. The molecule has 0 unspecified atom stereocenters. The Kier molecular flexibility index (Phi) is 6.35. The highest BCUT2D eigenvalue weighted by Crippen LogP contribution is 2.34. The van der Waals surface area contributed by atoms with Gasteiger partial charge in [0.15, 0.2) is 0 Å². The Hall–Kier alpha value is -3.08. The minimum atomic E-state index is -1.38.